The summed E-state index contributed by atoms with van der Waals surface area (Å²) in [6.45, 7) is 5.52. The van der Waals surface area contributed by atoms with E-state index in [2.05, 4.69) is 40.9 Å². The van der Waals surface area contributed by atoms with Crippen molar-refractivity contribution in [2.24, 2.45) is 0 Å². The first-order valence-corrected chi connectivity index (χ1v) is 8.90. The summed E-state index contributed by atoms with van der Waals surface area (Å²) < 4.78 is 12.9. The van der Waals surface area contributed by atoms with E-state index in [1.807, 2.05) is 11.0 Å². The van der Waals surface area contributed by atoms with Gasteiger partial charge < -0.3 is 4.90 Å². The Morgan fingerprint density at radius 1 is 1.00 bits per heavy atom. The zero-order valence-electron chi connectivity index (χ0n) is 15.2. The first kappa shape index (κ1) is 18.8. The van der Waals surface area contributed by atoms with Gasteiger partial charge in [0, 0.05) is 37.4 Å². The Balaban J connectivity index is 1.41. The number of hydrogen-bond acceptors (Lipinski definition) is 4. The fraction of sp³-hybridized carbons (Fsp3) is 0.300. The Kier molecular flexibility index (Phi) is 6.03. The molecule has 1 aliphatic heterocycles. The molecular formula is C20H23FN4O2. The van der Waals surface area contributed by atoms with Crippen LogP contribution >= 0.6 is 0 Å². The second-order valence-electron chi connectivity index (χ2n) is 6.61. The fourth-order valence-electron chi connectivity index (χ4n) is 3.03. The third-order valence-corrected chi connectivity index (χ3v) is 4.53. The Hall–Kier alpha value is -2.93. The lowest BCUT2D eigenvalue weighted by atomic mass is 10.2. The van der Waals surface area contributed by atoms with E-state index in [1.54, 1.807) is 0 Å². The number of amides is 2. The minimum absolute atomic E-state index is 0.214. The second-order valence-corrected chi connectivity index (χ2v) is 6.61. The predicted octanol–water partition coefficient (Wildman–Crippen LogP) is 1.72. The molecule has 142 valence electrons. The highest BCUT2D eigenvalue weighted by Crippen LogP contribution is 2.17. The number of carbonyl (C=O) groups excluding carboxylic acids is 2. The smallest absolute Gasteiger partial charge is 0.269 e. The summed E-state index contributed by atoms with van der Waals surface area (Å²) in [5.41, 5.74) is 7.46. The largest absolute Gasteiger partial charge is 0.369 e. The molecule has 1 saturated heterocycles. The third-order valence-electron chi connectivity index (χ3n) is 4.53. The van der Waals surface area contributed by atoms with Crippen molar-refractivity contribution >= 4 is 17.5 Å². The van der Waals surface area contributed by atoms with Crippen LogP contribution in [0.15, 0.2) is 48.5 Å². The molecule has 0 spiro atoms. The van der Waals surface area contributed by atoms with Gasteiger partial charge in [0.2, 0.25) is 0 Å². The molecule has 2 aromatic rings. The summed E-state index contributed by atoms with van der Waals surface area (Å²) in [7, 11) is 0. The summed E-state index contributed by atoms with van der Waals surface area (Å²) in [5.74, 6) is -1.18. The van der Waals surface area contributed by atoms with Crippen LogP contribution in [0.4, 0.5) is 10.1 Å². The van der Waals surface area contributed by atoms with Crippen molar-refractivity contribution in [1.29, 1.82) is 0 Å². The van der Waals surface area contributed by atoms with Crippen LogP contribution in [0.25, 0.3) is 0 Å². The molecule has 6 nitrogen and oxygen atoms in total. The van der Waals surface area contributed by atoms with E-state index in [4.69, 9.17) is 0 Å². The molecule has 0 atom stereocenters. The summed E-state index contributed by atoms with van der Waals surface area (Å²) >= 11 is 0. The van der Waals surface area contributed by atoms with Crippen LogP contribution < -0.4 is 15.8 Å². The minimum atomic E-state index is -0.479. The number of nitrogens with one attached hydrogen (secondary N) is 2. The van der Waals surface area contributed by atoms with Crippen LogP contribution in [0, 0.1) is 12.7 Å². The van der Waals surface area contributed by atoms with E-state index in [9.17, 15) is 14.0 Å². The zero-order chi connectivity index (χ0) is 19.2. The molecule has 0 aromatic heterocycles. The molecule has 1 aliphatic rings. The number of piperazine rings is 1. The standard InChI is InChI=1S/C20H23FN4O2/c1-15-3-2-4-18(13-15)25-11-9-24(10-12-25)14-19(26)22-23-20(27)16-5-7-17(21)8-6-16/h2-8,13H,9-12,14H2,1H3,(H,22,26)(H,23,27). The molecular weight excluding hydrogens is 347 g/mol. The van der Waals surface area contributed by atoms with Crippen molar-refractivity contribution in [3.8, 4) is 0 Å². The number of benzene rings is 2. The van der Waals surface area contributed by atoms with Crippen LogP contribution in [0.1, 0.15) is 15.9 Å². The normalized spacial score (nSPS) is 14.7. The average Bonchev–Trinajstić information content (AvgIpc) is 2.67. The predicted molar refractivity (Wildman–Crippen MR) is 102 cm³/mol. The maximum absolute atomic E-state index is 12.9. The molecule has 2 amide bonds. The Morgan fingerprint density at radius 3 is 2.37 bits per heavy atom. The lowest BCUT2D eigenvalue weighted by molar-refractivity contribution is -0.123. The van der Waals surface area contributed by atoms with Gasteiger partial charge in [0.05, 0.1) is 6.54 Å². The third kappa shape index (κ3) is 5.27. The quantitative estimate of drug-likeness (QED) is 0.805. The van der Waals surface area contributed by atoms with Crippen LogP contribution in [0.3, 0.4) is 0 Å². The van der Waals surface area contributed by atoms with Crippen molar-refractivity contribution in [3.63, 3.8) is 0 Å². The second kappa shape index (κ2) is 8.64. The number of carbonyl (C=O) groups is 2. The zero-order valence-corrected chi connectivity index (χ0v) is 15.2. The lowest BCUT2D eigenvalue weighted by Gasteiger charge is -2.35. The molecule has 1 heterocycles. The number of anilines is 1. The molecule has 0 aliphatic carbocycles. The number of hydrogen-bond donors (Lipinski definition) is 2. The van der Waals surface area contributed by atoms with E-state index in [1.165, 1.54) is 35.5 Å². The van der Waals surface area contributed by atoms with Gasteiger partial charge >= 0.3 is 0 Å². The molecule has 27 heavy (non-hydrogen) atoms. The molecule has 0 saturated carbocycles. The fourth-order valence-corrected chi connectivity index (χ4v) is 3.03. The van der Waals surface area contributed by atoms with Gasteiger partial charge in [-0.05, 0) is 48.9 Å². The molecule has 0 unspecified atom stereocenters. The van der Waals surface area contributed by atoms with Gasteiger partial charge in [-0.15, -0.1) is 0 Å². The van der Waals surface area contributed by atoms with Crippen LogP contribution in [0.2, 0.25) is 0 Å². The van der Waals surface area contributed by atoms with Crippen molar-refractivity contribution in [1.82, 2.24) is 15.8 Å². The molecule has 2 N–H and O–H groups in total. The first-order chi connectivity index (χ1) is 13.0. The molecule has 2 aromatic carbocycles. The van der Waals surface area contributed by atoms with Crippen LogP contribution in [0.5, 0.6) is 0 Å². The molecule has 0 bridgehead atoms. The molecule has 1 fully saturated rings. The maximum atomic E-state index is 12.9. The Bertz CT molecular complexity index is 802. The van der Waals surface area contributed by atoms with Gasteiger partial charge in [-0.25, -0.2) is 4.39 Å². The molecule has 3 rings (SSSR count). The number of hydrazine groups is 1. The van der Waals surface area contributed by atoms with E-state index < -0.39 is 11.7 Å². The van der Waals surface area contributed by atoms with E-state index >= 15 is 0 Å². The van der Waals surface area contributed by atoms with Gasteiger partial charge in [-0.1, -0.05) is 12.1 Å². The van der Waals surface area contributed by atoms with E-state index in [-0.39, 0.29) is 18.0 Å². The summed E-state index contributed by atoms with van der Waals surface area (Å²) in [5, 5.41) is 0. The van der Waals surface area contributed by atoms with E-state index in [0.717, 1.165) is 26.2 Å². The van der Waals surface area contributed by atoms with Crippen molar-refractivity contribution in [2.75, 3.05) is 37.6 Å². The monoisotopic (exact) mass is 370 g/mol. The van der Waals surface area contributed by atoms with Gasteiger partial charge in [0.1, 0.15) is 5.82 Å². The first-order valence-electron chi connectivity index (χ1n) is 8.90. The highest BCUT2D eigenvalue weighted by Gasteiger charge is 2.19. The van der Waals surface area contributed by atoms with Crippen molar-refractivity contribution < 1.29 is 14.0 Å². The summed E-state index contributed by atoms with van der Waals surface area (Å²) in [6, 6.07) is 13.5. The highest BCUT2D eigenvalue weighted by molar-refractivity contribution is 5.95. The average molecular weight is 370 g/mol. The highest BCUT2D eigenvalue weighted by atomic mass is 19.1. The van der Waals surface area contributed by atoms with Crippen molar-refractivity contribution in [2.45, 2.75) is 6.92 Å². The topological polar surface area (TPSA) is 64.7 Å². The number of rotatable bonds is 4. The number of nitrogens with zero attached hydrogens (tertiary/aromatic N) is 2. The Morgan fingerprint density at radius 2 is 1.70 bits per heavy atom. The van der Waals surface area contributed by atoms with Crippen LogP contribution in [-0.2, 0) is 4.79 Å². The minimum Gasteiger partial charge on any atom is -0.369 e. The van der Waals surface area contributed by atoms with Gasteiger partial charge in [0.25, 0.3) is 11.8 Å². The number of aryl methyl sites for hydroxylation is 1. The SMILES string of the molecule is Cc1cccc(N2CCN(CC(=O)NNC(=O)c3ccc(F)cc3)CC2)c1. The summed E-state index contributed by atoms with van der Waals surface area (Å²) in [6.07, 6.45) is 0. The van der Waals surface area contributed by atoms with Gasteiger partial charge in [0.15, 0.2) is 0 Å². The summed E-state index contributed by atoms with van der Waals surface area (Å²) in [4.78, 5) is 28.3. The lowest BCUT2D eigenvalue weighted by Crippen LogP contribution is -2.52. The van der Waals surface area contributed by atoms with Gasteiger partial charge in [-0.3, -0.25) is 25.3 Å². The van der Waals surface area contributed by atoms with Crippen LogP contribution in [-0.4, -0.2) is 49.4 Å². The molecule has 0 radical (unpaired) electrons. The maximum Gasteiger partial charge on any atom is 0.269 e. The Labute approximate surface area is 157 Å². The molecule has 7 heteroatoms. The number of halogens is 1. The van der Waals surface area contributed by atoms with E-state index in [0.29, 0.717) is 0 Å². The van der Waals surface area contributed by atoms with Crippen molar-refractivity contribution in [3.05, 3.63) is 65.5 Å². The van der Waals surface area contributed by atoms with Gasteiger partial charge in [-0.2, -0.15) is 0 Å².